The molecule has 6 N–H and O–H groups in total. The topological polar surface area (TPSA) is 211 Å². The Bertz CT molecular complexity index is 1250. The van der Waals surface area contributed by atoms with E-state index in [-0.39, 0.29) is 47.1 Å². The van der Waals surface area contributed by atoms with E-state index < -0.39 is 49.2 Å². The second-order valence-electron chi connectivity index (χ2n) is 8.94. The molecule has 1 aliphatic rings. The van der Waals surface area contributed by atoms with Crippen LogP contribution in [0.1, 0.15) is 60.6 Å². The largest absolute Gasteiger partial charge is 0.535 e. The molecule has 15 heteroatoms. The Morgan fingerprint density at radius 1 is 1.31 bits per heavy atom. The maximum absolute atomic E-state index is 13.2. The van der Waals surface area contributed by atoms with Gasteiger partial charge < -0.3 is 35.8 Å². The van der Waals surface area contributed by atoms with Gasteiger partial charge in [0.05, 0.1) is 5.56 Å². The number of nitrogens with two attached hydrogens (primary N) is 1. The predicted octanol–water partition coefficient (Wildman–Crippen LogP) is 1.74. The fourth-order valence-corrected chi connectivity index (χ4v) is 4.59. The number of fused-ring (bicyclic) bond motifs is 1. The number of nitrogen functional groups attached to an aromatic ring is 1. The number of ketones is 1. The van der Waals surface area contributed by atoms with E-state index in [1.54, 1.807) is 12.1 Å². The molecular formula is C24H29BN4O9S. The minimum absolute atomic E-state index is 0.0473. The molecule has 2 heterocycles. The Morgan fingerprint density at radius 2 is 2.08 bits per heavy atom. The van der Waals surface area contributed by atoms with Crippen LogP contribution in [0.2, 0.25) is 5.82 Å². The number of unbranched alkanes of at least 4 members (excludes halogenated alkanes) is 2. The lowest BCUT2D eigenvalue weighted by Crippen LogP contribution is -2.42. The van der Waals surface area contributed by atoms with Crippen molar-refractivity contribution in [1.82, 2.24) is 10.3 Å². The number of carbonyl (C=O) groups is 4. The van der Waals surface area contributed by atoms with Crippen LogP contribution in [0.15, 0.2) is 28.7 Å². The van der Waals surface area contributed by atoms with Crippen LogP contribution in [0.25, 0.3) is 0 Å². The number of hydrogen-bond donors (Lipinski definition) is 5. The Balaban J connectivity index is 1.69. The van der Waals surface area contributed by atoms with Gasteiger partial charge in [-0.2, -0.15) is 0 Å². The first-order valence-electron chi connectivity index (χ1n) is 12.3. The van der Waals surface area contributed by atoms with E-state index >= 15 is 0 Å². The Kier molecular flexibility index (Phi) is 10.4. The van der Waals surface area contributed by atoms with Crippen molar-refractivity contribution in [1.29, 1.82) is 0 Å². The fourth-order valence-electron chi connectivity index (χ4n) is 4.05. The van der Waals surface area contributed by atoms with Crippen molar-refractivity contribution < 1.29 is 43.9 Å². The van der Waals surface area contributed by atoms with Crippen molar-refractivity contribution in [3.8, 4) is 5.75 Å². The Morgan fingerprint density at radius 3 is 2.72 bits per heavy atom. The monoisotopic (exact) mass is 560 g/mol. The molecule has 0 bridgehead atoms. The molecule has 0 spiro atoms. The van der Waals surface area contributed by atoms with Crippen LogP contribution in [0.5, 0.6) is 5.75 Å². The highest BCUT2D eigenvalue weighted by Crippen LogP contribution is 2.36. The number of carboxylic acid groups (broad SMARTS) is 2. The number of nitrogens with zero attached hydrogens (tertiary/aromatic N) is 2. The van der Waals surface area contributed by atoms with Gasteiger partial charge in [0.1, 0.15) is 17.5 Å². The lowest BCUT2D eigenvalue weighted by Gasteiger charge is -2.28. The molecule has 0 unspecified atom stereocenters. The molecule has 0 fully saturated rings. The lowest BCUT2D eigenvalue weighted by atomic mass is 9.64. The van der Waals surface area contributed by atoms with Crippen LogP contribution in [-0.2, 0) is 25.6 Å². The number of carbonyl (C=O) groups excluding carboxylic acids is 2. The summed E-state index contributed by atoms with van der Waals surface area (Å²) >= 11 is 1.06. The van der Waals surface area contributed by atoms with E-state index in [0.717, 1.165) is 24.2 Å². The van der Waals surface area contributed by atoms with Gasteiger partial charge >= 0.3 is 19.1 Å². The number of nitrogens with one attached hydrogen (secondary N) is 1. The molecule has 1 aliphatic heterocycles. The molecule has 0 saturated heterocycles. The number of anilines is 1. The normalized spacial score (nSPS) is 15.6. The smallest absolute Gasteiger partial charge is 0.526 e. The number of aromatic carboxylic acids is 1. The van der Waals surface area contributed by atoms with Crippen LogP contribution >= 0.6 is 11.3 Å². The molecule has 3 rings (SSSR count). The molecule has 39 heavy (non-hydrogen) atoms. The summed E-state index contributed by atoms with van der Waals surface area (Å²) in [5.41, 5.74) is 5.98. The van der Waals surface area contributed by atoms with Crippen molar-refractivity contribution >= 4 is 52.9 Å². The summed E-state index contributed by atoms with van der Waals surface area (Å²) in [5.74, 6) is -4.38. The third-order valence-electron chi connectivity index (χ3n) is 6.01. The van der Waals surface area contributed by atoms with Gasteiger partial charge in [-0.15, -0.1) is 11.3 Å². The SMILES string of the molecule is CCCCC[C@@H](NC(=O)CO/N=C(\C(=O)C[C@H]1Cc2cccc(C(=O)O)c2OB1O)c1csc(N)n1)C(=O)O. The third kappa shape index (κ3) is 8.00. The molecule has 208 valence electrons. The van der Waals surface area contributed by atoms with Crippen LogP contribution in [0.4, 0.5) is 5.13 Å². The van der Waals surface area contributed by atoms with Gasteiger partial charge in [0.2, 0.25) is 0 Å². The zero-order valence-electron chi connectivity index (χ0n) is 21.2. The average Bonchev–Trinajstić information content (AvgIpc) is 3.31. The van der Waals surface area contributed by atoms with Gasteiger partial charge in [0, 0.05) is 17.6 Å². The standard InChI is InChI=1S/C24H29BN4O9S/c1-2-3-4-8-16(23(34)35)27-19(31)11-37-29-20(17-12-39-24(26)28-17)18(30)10-14-9-13-6-5-7-15(22(32)33)21(13)38-25(14)36/h5-7,12,14,16,36H,2-4,8-11H2,1H3,(H2,26,28)(H,27,31)(H,32,33)(H,34,35)/b29-20-/t14-,16-/m1/s1. The first kappa shape index (κ1) is 29.6. The molecule has 13 nitrogen and oxygen atoms in total. The number of oxime groups is 1. The van der Waals surface area contributed by atoms with Crippen molar-refractivity contribution in [3.63, 3.8) is 0 Å². The zero-order chi connectivity index (χ0) is 28.5. The maximum Gasteiger partial charge on any atom is 0.526 e. The number of amides is 1. The zero-order valence-corrected chi connectivity index (χ0v) is 22.0. The lowest BCUT2D eigenvalue weighted by molar-refractivity contribution is -0.142. The number of hydrogen-bond acceptors (Lipinski definition) is 11. The van der Waals surface area contributed by atoms with E-state index in [2.05, 4.69) is 15.5 Å². The average molecular weight is 560 g/mol. The molecular weight excluding hydrogens is 531 g/mol. The van der Waals surface area contributed by atoms with Crippen molar-refractivity contribution in [3.05, 3.63) is 40.4 Å². The summed E-state index contributed by atoms with van der Waals surface area (Å²) in [6.45, 7) is 1.33. The molecule has 2 aromatic rings. The number of aromatic nitrogens is 1. The van der Waals surface area contributed by atoms with Crippen LogP contribution in [-0.4, -0.2) is 69.3 Å². The number of carboxylic acids is 2. The highest BCUT2D eigenvalue weighted by Gasteiger charge is 2.39. The number of thiazole rings is 1. The number of benzene rings is 1. The summed E-state index contributed by atoms with van der Waals surface area (Å²) in [5, 5.41) is 37.0. The molecule has 0 saturated carbocycles. The van der Waals surface area contributed by atoms with Crippen LogP contribution < -0.4 is 15.7 Å². The van der Waals surface area contributed by atoms with Crippen molar-refractivity contribution in [2.45, 2.75) is 57.3 Å². The van der Waals surface area contributed by atoms with E-state index in [4.69, 9.17) is 15.2 Å². The Hall–Kier alpha value is -3.98. The first-order chi connectivity index (χ1) is 18.6. The minimum atomic E-state index is -1.46. The van der Waals surface area contributed by atoms with E-state index in [9.17, 15) is 34.4 Å². The fraction of sp³-hybridized carbons (Fsp3) is 0.417. The van der Waals surface area contributed by atoms with Gasteiger partial charge in [-0.3, -0.25) is 9.59 Å². The first-order valence-corrected chi connectivity index (χ1v) is 13.1. The molecule has 0 radical (unpaired) electrons. The number of rotatable bonds is 14. The van der Waals surface area contributed by atoms with Crippen LogP contribution in [0.3, 0.4) is 0 Å². The highest BCUT2D eigenvalue weighted by atomic mass is 32.1. The molecule has 1 aromatic carbocycles. The quantitative estimate of drug-likeness (QED) is 0.0972. The van der Waals surface area contributed by atoms with Gasteiger partial charge in [-0.1, -0.05) is 43.5 Å². The molecule has 2 atom stereocenters. The van der Waals surface area contributed by atoms with Crippen LogP contribution in [0, 0.1) is 0 Å². The van der Waals surface area contributed by atoms with Gasteiger partial charge in [-0.25, -0.2) is 14.6 Å². The van der Waals surface area contributed by atoms with Gasteiger partial charge in [0.15, 0.2) is 23.2 Å². The third-order valence-corrected chi connectivity index (χ3v) is 6.68. The van der Waals surface area contributed by atoms with E-state index in [1.165, 1.54) is 11.4 Å². The molecule has 1 amide bonds. The summed E-state index contributed by atoms with van der Waals surface area (Å²) in [6, 6.07) is 3.47. The highest BCUT2D eigenvalue weighted by molar-refractivity contribution is 7.13. The summed E-state index contributed by atoms with van der Waals surface area (Å²) in [7, 11) is -1.46. The van der Waals surface area contributed by atoms with E-state index in [1.807, 2.05) is 6.92 Å². The summed E-state index contributed by atoms with van der Waals surface area (Å²) < 4.78 is 5.45. The van der Waals surface area contributed by atoms with Crippen molar-refractivity contribution in [2.75, 3.05) is 12.3 Å². The van der Waals surface area contributed by atoms with Gasteiger partial charge in [-0.05, 0) is 24.5 Å². The number of aliphatic carboxylic acids is 1. The molecule has 1 aromatic heterocycles. The maximum atomic E-state index is 13.2. The predicted molar refractivity (Wildman–Crippen MR) is 142 cm³/mol. The minimum Gasteiger partial charge on any atom is -0.535 e. The number of para-hydroxylation sites is 1. The van der Waals surface area contributed by atoms with Gasteiger partial charge in [0.25, 0.3) is 5.91 Å². The second kappa shape index (κ2) is 13.7. The summed E-state index contributed by atoms with van der Waals surface area (Å²) in [6.07, 6.45) is 2.53. The molecule has 0 aliphatic carbocycles. The van der Waals surface area contributed by atoms with Crippen molar-refractivity contribution in [2.24, 2.45) is 5.16 Å². The summed E-state index contributed by atoms with van der Waals surface area (Å²) in [4.78, 5) is 57.5. The Labute approximate surface area is 228 Å². The number of Topliss-reactive ketones (excluding diaryl/α,β-unsaturated/α-hetero) is 1. The van der Waals surface area contributed by atoms with E-state index in [0.29, 0.717) is 12.0 Å². The second-order valence-corrected chi connectivity index (χ2v) is 9.83.